The number of alkyl halides is 3. The molecular weight excluding hydrogens is 457 g/mol. The van der Waals surface area contributed by atoms with Gasteiger partial charge in [0.05, 0.1) is 17.2 Å². The fraction of sp³-hybridized carbons (Fsp3) is 0.192. The van der Waals surface area contributed by atoms with Crippen molar-refractivity contribution in [1.82, 2.24) is 4.90 Å². The molecule has 0 saturated carbocycles. The molecule has 3 aromatic carbocycles. The van der Waals surface area contributed by atoms with Crippen LogP contribution in [0.2, 0.25) is 0 Å². The predicted octanol–water partition coefficient (Wildman–Crippen LogP) is 5.66. The fourth-order valence-corrected chi connectivity index (χ4v) is 3.93. The Bertz CT molecular complexity index is 1300. The van der Waals surface area contributed by atoms with Crippen LogP contribution >= 0.6 is 0 Å². The molecule has 0 aromatic heterocycles. The van der Waals surface area contributed by atoms with E-state index in [-0.39, 0.29) is 11.6 Å². The largest absolute Gasteiger partial charge is 0.416 e. The maximum atomic E-state index is 13.2. The van der Waals surface area contributed by atoms with Crippen LogP contribution in [-0.2, 0) is 12.7 Å². The highest BCUT2D eigenvalue weighted by Gasteiger charge is 2.31. The third-order valence-electron chi connectivity index (χ3n) is 5.68. The Balaban J connectivity index is 1.50. The summed E-state index contributed by atoms with van der Waals surface area (Å²) in [6, 6.07) is 19.8. The average molecular weight is 478 g/mol. The van der Waals surface area contributed by atoms with Gasteiger partial charge in [-0.3, -0.25) is 9.69 Å². The van der Waals surface area contributed by atoms with Crippen molar-refractivity contribution < 1.29 is 22.8 Å². The Hall–Kier alpha value is -4.32. The third-order valence-corrected chi connectivity index (χ3v) is 5.68. The maximum absolute atomic E-state index is 13.2. The van der Waals surface area contributed by atoms with E-state index >= 15 is 0 Å². The van der Waals surface area contributed by atoms with Gasteiger partial charge in [0.2, 0.25) is 0 Å². The smallest absolute Gasteiger partial charge is 0.322 e. The summed E-state index contributed by atoms with van der Waals surface area (Å²) < 4.78 is 38.9. The van der Waals surface area contributed by atoms with Gasteiger partial charge in [0.25, 0.3) is 5.91 Å². The minimum absolute atomic E-state index is 0.124. The van der Waals surface area contributed by atoms with Crippen molar-refractivity contribution in [1.29, 1.82) is 5.26 Å². The lowest BCUT2D eigenvalue weighted by molar-refractivity contribution is -0.137. The number of carbonyl (C=O) groups excluding carboxylic acids is 2. The number of nitriles is 1. The molecule has 0 radical (unpaired) electrons. The molecule has 1 fully saturated rings. The normalized spacial score (nSPS) is 13.9. The van der Waals surface area contributed by atoms with E-state index in [1.165, 1.54) is 12.1 Å². The van der Waals surface area contributed by atoms with Gasteiger partial charge in [-0.05, 0) is 54.4 Å². The molecule has 0 spiro atoms. The van der Waals surface area contributed by atoms with Gasteiger partial charge < -0.3 is 10.2 Å². The first kappa shape index (κ1) is 23.8. The lowest BCUT2D eigenvalue weighted by Crippen LogP contribution is -2.49. The number of nitrogens with one attached hydrogen (secondary N) is 1. The van der Waals surface area contributed by atoms with Gasteiger partial charge in [0.1, 0.15) is 0 Å². The van der Waals surface area contributed by atoms with E-state index in [2.05, 4.69) is 11.4 Å². The summed E-state index contributed by atoms with van der Waals surface area (Å²) in [7, 11) is 0. The molecule has 0 bridgehead atoms. The molecule has 6 nitrogen and oxygen atoms in total. The molecule has 0 unspecified atom stereocenters. The monoisotopic (exact) mass is 478 g/mol. The summed E-state index contributed by atoms with van der Waals surface area (Å²) in [4.78, 5) is 29.0. The quantitative estimate of drug-likeness (QED) is 0.514. The summed E-state index contributed by atoms with van der Waals surface area (Å²) in [5.41, 5.74) is 1.14. The molecule has 1 heterocycles. The number of halogens is 3. The first-order valence-corrected chi connectivity index (χ1v) is 10.9. The summed E-state index contributed by atoms with van der Waals surface area (Å²) in [6.45, 7) is 1.31. The number of anilines is 2. The van der Waals surface area contributed by atoms with Gasteiger partial charge in [0.15, 0.2) is 0 Å². The van der Waals surface area contributed by atoms with Crippen LogP contribution in [0.1, 0.15) is 33.5 Å². The summed E-state index contributed by atoms with van der Waals surface area (Å²) in [6.07, 6.45) is -3.84. The van der Waals surface area contributed by atoms with Crippen molar-refractivity contribution in [2.24, 2.45) is 0 Å². The van der Waals surface area contributed by atoms with Crippen LogP contribution in [0.15, 0.2) is 72.8 Å². The molecule has 0 atom stereocenters. The highest BCUT2D eigenvalue weighted by atomic mass is 19.4. The van der Waals surface area contributed by atoms with Crippen LogP contribution in [0.25, 0.3) is 0 Å². The molecule has 3 aromatic rings. The van der Waals surface area contributed by atoms with Crippen molar-refractivity contribution in [3.05, 3.63) is 95.1 Å². The Morgan fingerprint density at radius 3 is 2.54 bits per heavy atom. The molecule has 1 saturated heterocycles. The first-order chi connectivity index (χ1) is 16.8. The van der Waals surface area contributed by atoms with Gasteiger partial charge in [-0.25, -0.2) is 4.79 Å². The highest BCUT2D eigenvalue weighted by molar-refractivity contribution is 6.05. The van der Waals surface area contributed by atoms with E-state index in [1.807, 2.05) is 12.1 Å². The predicted molar refractivity (Wildman–Crippen MR) is 125 cm³/mol. The molecule has 35 heavy (non-hydrogen) atoms. The number of hydrogen-bond acceptors (Lipinski definition) is 3. The van der Waals surface area contributed by atoms with Gasteiger partial charge in [-0.1, -0.05) is 30.3 Å². The SMILES string of the molecule is N#Cc1ccccc1CN1CCCN(c2cccc(NC(=O)c3cccc(C(F)(F)F)c3)c2)C1=O. The van der Waals surface area contributed by atoms with Crippen molar-refractivity contribution in [2.75, 3.05) is 23.3 Å². The molecule has 0 aliphatic carbocycles. The second kappa shape index (κ2) is 9.89. The number of benzene rings is 3. The zero-order chi connectivity index (χ0) is 25.0. The number of amides is 3. The van der Waals surface area contributed by atoms with E-state index in [0.717, 1.165) is 17.7 Å². The van der Waals surface area contributed by atoms with E-state index in [4.69, 9.17) is 0 Å². The molecule has 178 valence electrons. The van der Waals surface area contributed by atoms with E-state index in [9.17, 15) is 28.0 Å². The van der Waals surface area contributed by atoms with Gasteiger partial charge in [0, 0.05) is 36.6 Å². The minimum atomic E-state index is -4.55. The lowest BCUT2D eigenvalue weighted by atomic mass is 10.1. The van der Waals surface area contributed by atoms with Crippen LogP contribution in [0.4, 0.5) is 29.3 Å². The topological polar surface area (TPSA) is 76.4 Å². The van der Waals surface area contributed by atoms with Crippen molar-refractivity contribution in [3.63, 3.8) is 0 Å². The van der Waals surface area contributed by atoms with Crippen LogP contribution in [0.3, 0.4) is 0 Å². The number of rotatable bonds is 5. The highest BCUT2D eigenvalue weighted by Crippen LogP contribution is 2.30. The standard InChI is InChI=1S/C26H21F3N4O2/c27-26(28,29)21-9-3-8-18(14-21)24(34)31-22-10-4-11-23(15-22)33-13-5-12-32(25(33)35)17-20-7-2-1-6-19(20)16-30/h1-4,6-11,14-15H,5,12-13,17H2,(H,31,34). The molecular formula is C26H21F3N4O2. The van der Waals surface area contributed by atoms with E-state index < -0.39 is 17.6 Å². The summed E-state index contributed by atoms with van der Waals surface area (Å²) in [5.74, 6) is -0.687. The van der Waals surface area contributed by atoms with Crippen LogP contribution in [0.5, 0.6) is 0 Å². The lowest BCUT2D eigenvalue weighted by Gasteiger charge is -2.36. The van der Waals surface area contributed by atoms with E-state index in [1.54, 1.807) is 46.2 Å². The second-order valence-electron chi connectivity index (χ2n) is 8.06. The van der Waals surface area contributed by atoms with Crippen LogP contribution < -0.4 is 10.2 Å². The van der Waals surface area contributed by atoms with E-state index in [0.29, 0.717) is 43.0 Å². The van der Waals surface area contributed by atoms with Crippen LogP contribution in [0, 0.1) is 11.3 Å². The molecule has 3 amide bonds. The molecule has 1 N–H and O–H groups in total. The molecule has 1 aliphatic heterocycles. The fourth-order valence-electron chi connectivity index (χ4n) is 3.93. The number of urea groups is 1. The molecule has 1 aliphatic rings. The number of nitrogens with zero attached hydrogens (tertiary/aromatic N) is 3. The summed E-state index contributed by atoms with van der Waals surface area (Å²) in [5, 5.41) is 11.9. The van der Waals surface area contributed by atoms with Crippen molar-refractivity contribution in [3.8, 4) is 6.07 Å². The second-order valence-corrected chi connectivity index (χ2v) is 8.06. The Morgan fingerprint density at radius 2 is 1.77 bits per heavy atom. The minimum Gasteiger partial charge on any atom is -0.322 e. The molecule has 4 rings (SSSR count). The third kappa shape index (κ3) is 5.44. The number of hydrogen-bond donors (Lipinski definition) is 1. The summed E-state index contributed by atoms with van der Waals surface area (Å²) >= 11 is 0. The van der Waals surface area contributed by atoms with Gasteiger partial charge in [-0.2, -0.15) is 18.4 Å². The van der Waals surface area contributed by atoms with Crippen molar-refractivity contribution >= 4 is 23.3 Å². The van der Waals surface area contributed by atoms with Crippen molar-refractivity contribution in [2.45, 2.75) is 19.1 Å². The zero-order valence-corrected chi connectivity index (χ0v) is 18.5. The Labute approximate surface area is 200 Å². The van der Waals surface area contributed by atoms with Gasteiger partial charge in [-0.15, -0.1) is 0 Å². The maximum Gasteiger partial charge on any atom is 0.416 e. The Kier molecular flexibility index (Phi) is 6.73. The molecule has 9 heteroatoms. The number of carbonyl (C=O) groups is 2. The first-order valence-electron chi connectivity index (χ1n) is 10.9. The van der Waals surface area contributed by atoms with Crippen LogP contribution in [-0.4, -0.2) is 29.9 Å². The average Bonchev–Trinajstić information content (AvgIpc) is 2.85. The Morgan fingerprint density at radius 1 is 1.00 bits per heavy atom. The zero-order valence-electron chi connectivity index (χ0n) is 18.5. The van der Waals surface area contributed by atoms with Gasteiger partial charge >= 0.3 is 12.2 Å².